The fraction of sp³-hybridized carbons (Fsp3) is 0.278. The lowest BCUT2D eigenvalue weighted by atomic mass is 10.1. The molecule has 0 saturated carbocycles. The third-order valence-corrected chi connectivity index (χ3v) is 3.45. The highest BCUT2D eigenvalue weighted by Crippen LogP contribution is 2.12. The van der Waals surface area contributed by atoms with E-state index in [1.807, 2.05) is 36.4 Å². The highest BCUT2D eigenvalue weighted by atomic mass is 35.5. The molecule has 0 radical (unpaired) electrons. The lowest BCUT2D eigenvalue weighted by Crippen LogP contribution is -2.28. The van der Waals surface area contributed by atoms with E-state index in [4.69, 9.17) is 10.5 Å². The first-order chi connectivity index (χ1) is 10.7. The minimum absolute atomic E-state index is 0. The molecule has 0 aliphatic carbocycles. The van der Waals surface area contributed by atoms with E-state index < -0.39 is 0 Å². The molecule has 124 valence electrons. The molecule has 0 fully saturated rings. The quantitative estimate of drug-likeness (QED) is 0.791. The third-order valence-electron chi connectivity index (χ3n) is 3.45. The van der Waals surface area contributed by atoms with Gasteiger partial charge in [-0.1, -0.05) is 42.5 Å². The zero-order valence-corrected chi connectivity index (χ0v) is 14.1. The second-order valence-corrected chi connectivity index (χ2v) is 5.18. The van der Waals surface area contributed by atoms with Gasteiger partial charge in [0.15, 0.2) is 0 Å². The maximum absolute atomic E-state index is 11.6. The molecule has 2 aromatic carbocycles. The van der Waals surface area contributed by atoms with Crippen LogP contribution in [0.3, 0.4) is 0 Å². The molecule has 0 atom stereocenters. The minimum atomic E-state index is -0.310. The van der Waals surface area contributed by atoms with E-state index in [0.29, 0.717) is 12.1 Å². The summed E-state index contributed by atoms with van der Waals surface area (Å²) in [4.78, 5) is 13.9. The van der Waals surface area contributed by atoms with Crippen LogP contribution in [0.1, 0.15) is 21.5 Å². The number of nitrogens with zero attached hydrogens (tertiary/aromatic N) is 1. The van der Waals surface area contributed by atoms with E-state index in [1.165, 1.54) is 12.7 Å². The average Bonchev–Trinajstić information content (AvgIpc) is 2.55. The fourth-order valence-corrected chi connectivity index (χ4v) is 2.41. The van der Waals surface area contributed by atoms with Gasteiger partial charge in [0.1, 0.15) is 0 Å². The molecule has 0 unspecified atom stereocenters. The molecule has 2 rings (SSSR count). The molecule has 2 aromatic rings. The predicted molar refractivity (Wildman–Crippen MR) is 94.6 cm³/mol. The normalized spacial score (nSPS) is 10.2. The molecule has 2 N–H and O–H groups in total. The zero-order chi connectivity index (χ0) is 15.8. The van der Waals surface area contributed by atoms with Gasteiger partial charge in [0, 0.05) is 26.2 Å². The fourth-order valence-electron chi connectivity index (χ4n) is 2.41. The lowest BCUT2D eigenvalue weighted by Gasteiger charge is -2.22. The number of benzene rings is 2. The molecule has 0 saturated heterocycles. The summed E-state index contributed by atoms with van der Waals surface area (Å²) in [5, 5.41) is 0. The van der Waals surface area contributed by atoms with Crippen molar-refractivity contribution in [2.45, 2.75) is 13.1 Å². The van der Waals surface area contributed by atoms with Crippen molar-refractivity contribution in [2.24, 2.45) is 5.73 Å². The van der Waals surface area contributed by atoms with Crippen molar-refractivity contribution in [3.63, 3.8) is 0 Å². The Labute approximate surface area is 143 Å². The molecular weight excluding hydrogens is 312 g/mol. The van der Waals surface area contributed by atoms with Crippen LogP contribution in [0.2, 0.25) is 0 Å². The van der Waals surface area contributed by atoms with Crippen LogP contribution in [0.15, 0.2) is 54.6 Å². The van der Waals surface area contributed by atoms with Crippen LogP contribution in [0.5, 0.6) is 0 Å². The Balaban J connectivity index is 0.00000264. The summed E-state index contributed by atoms with van der Waals surface area (Å²) in [6.45, 7) is 2.98. The predicted octanol–water partition coefficient (Wildman–Crippen LogP) is 2.86. The van der Waals surface area contributed by atoms with E-state index in [-0.39, 0.29) is 18.4 Å². The van der Waals surface area contributed by atoms with Gasteiger partial charge >= 0.3 is 5.97 Å². The summed E-state index contributed by atoms with van der Waals surface area (Å²) >= 11 is 0. The van der Waals surface area contributed by atoms with E-state index in [0.717, 1.165) is 25.2 Å². The van der Waals surface area contributed by atoms with Crippen LogP contribution >= 0.6 is 12.4 Å². The van der Waals surface area contributed by atoms with Gasteiger partial charge in [0.25, 0.3) is 0 Å². The van der Waals surface area contributed by atoms with Crippen molar-refractivity contribution in [3.8, 4) is 0 Å². The first kappa shape index (κ1) is 19.2. The van der Waals surface area contributed by atoms with Crippen LogP contribution < -0.4 is 5.73 Å². The Bertz CT molecular complexity index is 605. The second kappa shape index (κ2) is 10.0. The molecule has 0 bridgehead atoms. The van der Waals surface area contributed by atoms with Crippen molar-refractivity contribution >= 4 is 18.4 Å². The maximum Gasteiger partial charge on any atom is 0.337 e. The molecule has 0 heterocycles. The minimum Gasteiger partial charge on any atom is -0.465 e. The zero-order valence-electron chi connectivity index (χ0n) is 13.3. The SMILES string of the molecule is COC(=O)c1cccc(CN(CCN)Cc2ccccc2)c1.Cl. The largest absolute Gasteiger partial charge is 0.465 e. The third kappa shape index (κ3) is 6.02. The smallest absolute Gasteiger partial charge is 0.337 e. The Morgan fingerprint density at radius 1 is 1.04 bits per heavy atom. The molecule has 0 spiro atoms. The Morgan fingerprint density at radius 3 is 2.35 bits per heavy atom. The second-order valence-electron chi connectivity index (χ2n) is 5.18. The van der Waals surface area contributed by atoms with Crippen molar-refractivity contribution in [3.05, 3.63) is 71.3 Å². The molecule has 5 heteroatoms. The van der Waals surface area contributed by atoms with Crippen LogP contribution in [-0.2, 0) is 17.8 Å². The number of ether oxygens (including phenoxy) is 1. The van der Waals surface area contributed by atoms with Gasteiger partial charge < -0.3 is 10.5 Å². The number of methoxy groups -OCH3 is 1. The Morgan fingerprint density at radius 2 is 1.70 bits per heavy atom. The van der Waals surface area contributed by atoms with E-state index >= 15 is 0 Å². The lowest BCUT2D eigenvalue weighted by molar-refractivity contribution is 0.0600. The van der Waals surface area contributed by atoms with Crippen molar-refractivity contribution in [2.75, 3.05) is 20.2 Å². The van der Waals surface area contributed by atoms with Crippen LogP contribution in [0.25, 0.3) is 0 Å². The van der Waals surface area contributed by atoms with Crippen LogP contribution in [0.4, 0.5) is 0 Å². The van der Waals surface area contributed by atoms with Gasteiger partial charge in [-0.3, -0.25) is 4.90 Å². The molecule has 0 aliphatic heterocycles. The Kier molecular flexibility index (Phi) is 8.33. The first-order valence-corrected chi connectivity index (χ1v) is 7.36. The van der Waals surface area contributed by atoms with Gasteiger partial charge in [-0.05, 0) is 23.3 Å². The standard InChI is InChI=1S/C18H22N2O2.ClH/c1-22-18(21)17-9-5-8-16(12-17)14-20(11-10-19)13-15-6-3-2-4-7-15;/h2-9,12H,10-11,13-14,19H2,1H3;1H. The van der Waals surface area contributed by atoms with Gasteiger partial charge in [-0.25, -0.2) is 4.79 Å². The van der Waals surface area contributed by atoms with Crippen molar-refractivity contribution in [1.82, 2.24) is 4.90 Å². The summed E-state index contributed by atoms with van der Waals surface area (Å²) in [7, 11) is 1.39. The highest BCUT2D eigenvalue weighted by Gasteiger charge is 2.09. The maximum atomic E-state index is 11.6. The van der Waals surface area contributed by atoms with E-state index in [9.17, 15) is 4.79 Å². The summed E-state index contributed by atoms with van der Waals surface area (Å²) in [6.07, 6.45) is 0. The number of esters is 1. The summed E-state index contributed by atoms with van der Waals surface area (Å²) in [5.41, 5.74) is 8.62. The topological polar surface area (TPSA) is 55.6 Å². The Hall–Kier alpha value is -1.88. The molecule has 0 aromatic heterocycles. The van der Waals surface area contributed by atoms with E-state index in [2.05, 4.69) is 17.0 Å². The highest BCUT2D eigenvalue weighted by molar-refractivity contribution is 5.89. The number of halogens is 1. The number of nitrogens with two attached hydrogens (primary N) is 1. The van der Waals surface area contributed by atoms with Crippen molar-refractivity contribution in [1.29, 1.82) is 0 Å². The molecular formula is C18H23ClN2O2. The monoisotopic (exact) mass is 334 g/mol. The summed E-state index contributed by atoms with van der Waals surface area (Å²) in [5.74, 6) is -0.310. The summed E-state index contributed by atoms with van der Waals surface area (Å²) in [6, 6.07) is 17.8. The molecule has 0 amide bonds. The summed E-state index contributed by atoms with van der Waals surface area (Å²) < 4.78 is 4.77. The van der Waals surface area contributed by atoms with Gasteiger partial charge in [0.2, 0.25) is 0 Å². The van der Waals surface area contributed by atoms with Gasteiger partial charge in [0.05, 0.1) is 12.7 Å². The van der Waals surface area contributed by atoms with Gasteiger partial charge in [-0.15, -0.1) is 12.4 Å². The first-order valence-electron chi connectivity index (χ1n) is 7.36. The number of hydrogen-bond acceptors (Lipinski definition) is 4. The van der Waals surface area contributed by atoms with Crippen LogP contribution in [0, 0.1) is 0 Å². The number of rotatable bonds is 7. The van der Waals surface area contributed by atoms with Gasteiger partial charge in [-0.2, -0.15) is 0 Å². The average molecular weight is 335 g/mol. The number of carbonyl (C=O) groups excluding carboxylic acids is 1. The number of hydrogen-bond donors (Lipinski definition) is 1. The van der Waals surface area contributed by atoms with E-state index in [1.54, 1.807) is 6.07 Å². The molecule has 23 heavy (non-hydrogen) atoms. The molecule has 0 aliphatic rings. The molecule has 4 nitrogen and oxygen atoms in total. The van der Waals surface area contributed by atoms with Crippen LogP contribution in [-0.4, -0.2) is 31.1 Å². The van der Waals surface area contributed by atoms with Crippen molar-refractivity contribution < 1.29 is 9.53 Å². The number of carbonyl (C=O) groups is 1.